The van der Waals surface area contributed by atoms with Gasteiger partial charge in [-0.2, -0.15) is 0 Å². The summed E-state index contributed by atoms with van der Waals surface area (Å²) in [5.41, 5.74) is 2.46. The quantitative estimate of drug-likeness (QED) is 0.851. The summed E-state index contributed by atoms with van der Waals surface area (Å²) in [4.78, 5) is 27.4. The molecule has 0 radical (unpaired) electrons. The van der Waals surface area contributed by atoms with E-state index in [1.54, 1.807) is 22.9 Å². The van der Waals surface area contributed by atoms with Crippen LogP contribution in [-0.4, -0.2) is 38.2 Å². The van der Waals surface area contributed by atoms with E-state index in [9.17, 15) is 4.79 Å². The van der Waals surface area contributed by atoms with Gasteiger partial charge in [-0.15, -0.1) is 0 Å². The van der Waals surface area contributed by atoms with E-state index in [0.29, 0.717) is 18.2 Å². The molecule has 3 rings (SSSR count). The summed E-state index contributed by atoms with van der Waals surface area (Å²) < 4.78 is 0. The van der Waals surface area contributed by atoms with Crippen LogP contribution in [0.5, 0.6) is 0 Å². The van der Waals surface area contributed by atoms with Crippen molar-refractivity contribution >= 4 is 28.5 Å². The molecule has 1 aromatic heterocycles. The van der Waals surface area contributed by atoms with Crippen LogP contribution < -0.4 is 0 Å². The Morgan fingerprint density at radius 1 is 1.29 bits per heavy atom. The van der Waals surface area contributed by atoms with Gasteiger partial charge in [-0.05, 0) is 24.0 Å². The number of aromatic nitrogens is 2. The predicted molar refractivity (Wildman–Crippen MR) is 97.8 cm³/mol. The molecule has 0 bridgehead atoms. The lowest BCUT2D eigenvalue weighted by Gasteiger charge is -2.27. The first kappa shape index (κ1) is 16.6. The summed E-state index contributed by atoms with van der Waals surface area (Å²) >= 11 is 1.62. The van der Waals surface area contributed by atoms with Crippen LogP contribution in [-0.2, 0) is 0 Å². The van der Waals surface area contributed by atoms with E-state index in [0.717, 1.165) is 23.0 Å². The Morgan fingerprint density at radius 2 is 2.12 bits per heavy atom. The van der Waals surface area contributed by atoms with Gasteiger partial charge in [0.05, 0.1) is 11.9 Å². The first-order valence-electron chi connectivity index (χ1n) is 8.05. The Kier molecular flexibility index (Phi) is 5.25. The van der Waals surface area contributed by atoms with Crippen molar-refractivity contribution in [1.29, 1.82) is 0 Å². The van der Waals surface area contributed by atoms with Crippen LogP contribution in [0.4, 0.5) is 5.69 Å². The Labute approximate surface area is 146 Å². The number of amides is 1. The first-order valence-corrected chi connectivity index (χ1v) is 9.03. The number of benzene rings is 1. The highest BCUT2D eigenvalue weighted by atomic mass is 32.2. The average molecular weight is 340 g/mol. The van der Waals surface area contributed by atoms with Gasteiger partial charge in [-0.1, -0.05) is 43.8 Å². The largest absolute Gasteiger partial charge is 0.286 e. The number of aliphatic imine (C=N–C) groups is 1. The van der Waals surface area contributed by atoms with E-state index in [-0.39, 0.29) is 5.91 Å². The van der Waals surface area contributed by atoms with Gasteiger partial charge in [0, 0.05) is 24.7 Å². The Balaban J connectivity index is 1.94. The maximum absolute atomic E-state index is 12.7. The Bertz CT molecular complexity index is 746. The number of hydrogen-bond acceptors (Lipinski definition) is 5. The third-order valence-electron chi connectivity index (χ3n) is 3.79. The van der Waals surface area contributed by atoms with Crippen molar-refractivity contribution in [2.75, 3.05) is 12.3 Å². The topological polar surface area (TPSA) is 58.5 Å². The molecule has 0 unspecified atom stereocenters. The van der Waals surface area contributed by atoms with Crippen molar-refractivity contribution in [3.63, 3.8) is 0 Å². The molecule has 1 aromatic carbocycles. The van der Waals surface area contributed by atoms with Gasteiger partial charge in [-0.25, -0.2) is 9.98 Å². The van der Waals surface area contributed by atoms with Crippen LogP contribution in [0.25, 0.3) is 0 Å². The summed E-state index contributed by atoms with van der Waals surface area (Å²) in [5.74, 6) is 1.20. The van der Waals surface area contributed by atoms with Gasteiger partial charge in [-0.3, -0.25) is 14.7 Å². The van der Waals surface area contributed by atoms with Crippen molar-refractivity contribution in [2.24, 2.45) is 4.99 Å². The number of carbonyl (C=O) groups is 1. The van der Waals surface area contributed by atoms with Crippen LogP contribution in [0.15, 0.2) is 47.8 Å². The first-order chi connectivity index (χ1) is 11.7. The van der Waals surface area contributed by atoms with E-state index in [1.807, 2.05) is 18.2 Å². The molecule has 2 aromatic rings. The lowest BCUT2D eigenvalue weighted by atomic mass is 10.0. The van der Waals surface area contributed by atoms with Crippen molar-refractivity contribution in [3.05, 3.63) is 54.1 Å². The van der Waals surface area contributed by atoms with E-state index < -0.39 is 0 Å². The fraction of sp³-hybridized carbons (Fsp3) is 0.333. The Hall–Kier alpha value is -2.21. The molecule has 6 heteroatoms. The summed E-state index contributed by atoms with van der Waals surface area (Å²) in [5, 5.41) is 0.741. The molecule has 2 heterocycles. The fourth-order valence-electron chi connectivity index (χ4n) is 2.57. The molecule has 1 aliphatic heterocycles. The van der Waals surface area contributed by atoms with E-state index >= 15 is 0 Å². The molecule has 24 heavy (non-hydrogen) atoms. The van der Waals surface area contributed by atoms with Crippen LogP contribution in [0, 0.1) is 0 Å². The molecule has 0 N–H and O–H groups in total. The zero-order valence-corrected chi connectivity index (χ0v) is 14.7. The van der Waals surface area contributed by atoms with Gasteiger partial charge in [0.2, 0.25) is 0 Å². The van der Waals surface area contributed by atoms with Crippen molar-refractivity contribution < 1.29 is 4.79 Å². The number of hydrogen-bond donors (Lipinski definition) is 0. The molecule has 0 aliphatic carbocycles. The molecular formula is C18H20N4OS. The lowest BCUT2D eigenvalue weighted by Crippen LogP contribution is -2.39. The van der Waals surface area contributed by atoms with Crippen molar-refractivity contribution in [1.82, 2.24) is 14.9 Å². The highest BCUT2D eigenvalue weighted by Crippen LogP contribution is 2.29. The summed E-state index contributed by atoms with van der Waals surface area (Å²) in [6.45, 7) is 4.95. The monoisotopic (exact) mass is 340 g/mol. The third-order valence-corrected chi connectivity index (χ3v) is 4.85. The van der Waals surface area contributed by atoms with Crippen LogP contribution in [0.1, 0.15) is 42.2 Å². The molecule has 0 atom stereocenters. The molecule has 1 saturated heterocycles. The second-order valence-corrected chi connectivity index (χ2v) is 6.92. The number of para-hydroxylation sites is 1. The minimum absolute atomic E-state index is 0.143. The molecule has 5 nitrogen and oxygen atoms in total. The van der Waals surface area contributed by atoms with Gasteiger partial charge in [0.25, 0.3) is 5.91 Å². The van der Waals surface area contributed by atoms with Crippen LogP contribution in [0.3, 0.4) is 0 Å². The Morgan fingerprint density at radius 3 is 2.88 bits per heavy atom. The van der Waals surface area contributed by atoms with Crippen molar-refractivity contribution in [3.8, 4) is 0 Å². The van der Waals surface area contributed by atoms with Crippen LogP contribution in [0.2, 0.25) is 0 Å². The normalized spacial score (nSPS) is 16.6. The fourth-order valence-corrected chi connectivity index (χ4v) is 3.52. The SMILES string of the molecule is CC(C)c1ccccc1N=C1SCCCN1C(=O)c1cnccn1. The average Bonchev–Trinajstić information content (AvgIpc) is 2.62. The minimum Gasteiger partial charge on any atom is -0.286 e. The van der Waals surface area contributed by atoms with Crippen LogP contribution >= 0.6 is 11.8 Å². The third kappa shape index (κ3) is 3.64. The number of carbonyl (C=O) groups excluding carboxylic acids is 1. The van der Waals surface area contributed by atoms with Gasteiger partial charge >= 0.3 is 0 Å². The predicted octanol–water partition coefficient (Wildman–Crippen LogP) is 3.87. The molecule has 0 spiro atoms. The zero-order chi connectivity index (χ0) is 16.9. The number of amidine groups is 1. The molecule has 1 amide bonds. The summed E-state index contributed by atoms with van der Waals surface area (Å²) in [6, 6.07) is 8.10. The maximum atomic E-state index is 12.7. The van der Waals surface area contributed by atoms with Gasteiger partial charge < -0.3 is 0 Å². The van der Waals surface area contributed by atoms with Gasteiger partial charge in [0.1, 0.15) is 5.69 Å². The molecule has 124 valence electrons. The number of nitrogens with zero attached hydrogens (tertiary/aromatic N) is 4. The maximum Gasteiger partial charge on any atom is 0.280 e. The van der Waals surface area contributed by atoms with E-state index in [4.69, 9.17) is 4.99 Å². The number of rotatable bonds is 3. The van der Waals surface area contributed by atoms with Crippen molar-refractivity contribution in [2.45, 2.75) is 26.2 Å². The second-order valence-electron chi connectivity index (χ2n) is 5.86. The van der Waals surface area contributed by atoms with Gasteiger partial charge in [0.15, 0.2) is 5.17 Å². The smallest absolute Gasteiger partial charge is 0.280 e. The molecular weight excluding hydrogens is 320 g/mol. The zero-order valence-electron chi connectivity index (χ0n) is 13.8. The van der Waals surface area contributed by atoms with E-state index in [2.05, 4.69) is 29.9 Å². The second kappa shape index (κ2) is 7.57. The molecule has 0 saturated carbocycles. The summed E-state index contributed by atoms with van der Waals surface area (Å²) in [6.07, 6.45) is 5.55. The lowest BCUT2D eigenvalue weighted by molar-refractivity contribution is 0.0843. The number of thioether (sulfide) groups is 1. The highest BCUT2D eigenvalue weighted by molar-refractivity contribution is 8.13. The molecule has 1 fully saturated rings. The highest BCUT2D eigenvalue weighted by Gasteiger charge is 2.26. The molecule has 1 aliphatic rings. The summed E-state index contributed by atoms with van der Waals surface area (Å²) in [7, 11) is 0. The minimum atomic E-state index is -0.143. The van der Waals surface area contributed by atoms with E-state index in [1.165, 1.54) is 18.0 Å². The standard InChI is InChI=1S/C18H20N4OS/c1-13(2)14-6-3-4-7-15(14)21-18-22(10-5-11-24-18)17(23)16-12-19-8-9-20-16/h3-4,6-9,12-13H,5,10-11H2,1-2H3.